The molecule has 0 saturated carbocycles. The molecule has 3 aromatic rings. The van der Waals surface area contributed by atoms with Crippen LogP contribution in [0, 0.1) is 13.8 Å². The summed E-state index contributed by atoms with van der Waals surface area (Å²) in [7, 11) is -1.81. The zero-order valence-electron chi connectivity index (χ0n) is 15.5. The van der Waals surface area contributed by atoms with Gasteiger partial charge >= 0.3 is 0 Å². The summed E-state index contributed by atoms with van der Waals surface area (Å²) in [5, 5.41) is 8.89. The van der Waals surface area contributed by atoms with E-state index in [2.05, 4.69) is 25.1 Å². The molecule has 4 rings (SSSR count). The number of aryl methyl sites for hydroxylation is 3. The Kier molecular flexibility index (Phi) is 4.35. The highest BCUT2D eigenvalue weighted by Gasteiger charge is 2.32. The van der Waals surface area contributed by atoms with Crippen molar-refractivity contribution in [2.75, 3.05) is 31.1 Å². The quantitative estimate of drug-likeness (QED) is 0.647. The summed E-state index contributed by atoms with van der Waals surface area (Å²) in [4.78, 5) is 11.0. The third-order valence-corrected chi connectivity index (χ3v) is 6.97. The number of hydrogen-bond acceptors (Lipinski definition) is 8. The topological polar surface area (TPSA) is 110 Å². The predicted octanol–water partition coefficient (Wildman–Crippen LogP) is 0.869. The van der Waals surface area contributed by atoms with E-state index in [1.165, 1.54) is 10.6 Å². The van der Waals surface area contributed by atoms with Crippen molar-refractivity contribution >= 4 is 26.9 Å². The molecule has 0 amide bonds. The molecule has 1 saturated heterocycles. The summed E-state index contributed by atoms with van der Waals surface area (Å²) in [6.45, 7) is 5.30. The largest absolute Gasteiger partial charge is 0.360 e. The van der Waals surface area contributed by atoms with Crippen LogP contribution in [0.4, 0.5) is 5.82 Å². The highest BCUT2D eigenvalue weighted by atomic mass is 32.2. The van der Waals surface area contributed by atoms with Gasteiger partial charge in [-0.2, -0.15) is 9.40 Å². The summed E-state index contributed by atoms with van der Waals surface area (Å²) in [5.41, 5.74) is 1.14. The molecule has 0 spiro atoms. The lowest BCUT2D eigenvalue weighted by atomic mass is 10.3. The fourth-order valence-corrected chi connectivity index (χ4v) is 5.28. The molecule has 1 fully saturated rings. The first-order valence-corrected chi connectivity index (χ1v) is 10.1. The lowest BCUT2D eigenvalue weighted by Gasteiger charge is -2.22. The number of aromatic nitrogens is 5. The Morgan fingerprint density at radius 1 is 1.11 bits per heavy atom. The van der Waals surface area contributed by atoms with E-state index in [4.69, 9.17) is 4.52 Å². The maximum absolute atomic E-state index is 13.1. The van der Waals surface area contributed by atoms with Gasteiger partial charge in [-0.25, -0.2) is 18.4 Å². The monoisotopic (exact) mass is 391 g/mol. The van der Waals surface area contributed by atoms with Crippen LogP contribution in [0.15, 0.2) is 21.9 Å². The summed E-state index contributed by atoms with van der Waals surface area (Å²) in [6, 6.07) is 0. The second-order valence-corrected chi connectivity index (χ2v) is 8.48. The molecule has 144 valence electrons. The van der Waals surface area contributed by atoms with Crippen molar-refractivity contribution in [2.45, 2.75) is 25.2 Å². The second-order valence-electron chi connectivity index (χ2n) is 6.60. The van der Waals surface area contributed by atoms with Crippen molar-refractivity contribution in [3.05, 3.63) is 24.0 Å². The number of sulfonamides is 1. The van der Waals surface area contributed by atoms with E-state index in [0.717, 1.165) is 16.9 Å². The summed E-state index contributed by atoms with van der Waals surface area (Å²) >= 11 is 0. The molecule has 4 heterocycles. The number of rotatable bonds is 3. The number of anilines is 1. The molecule has 10 nitrogen and oxygen atoms in total. The van der Waals surface area contributed by atoms with Gasteiger partial charge in [0.15, 0.2) is 11.4 Å². The van der Waals surface area contributed by atoms with E-state index >= 15 is 0 Å². The van der Waals surface area contributed by atoms with Crippen molar-refractivity contribution in [2.24, 2.45) is 7.05 Å². The number of hydrogen-bond donors (Lipinski definition) is 0. The molecule has 1 aliphatic rings. The Bertz CT molecular complexity index is 1070. The van der Waals surface area contributed by atoms with Crippen LogP contribution in [0.3, 0.4) is 0 Å². The highest BCUT2D eigenvalue weighted by Crippen LogP contribution is 2.27. The standard InChI is InChI=1S/C16H21N7O3S/c1-11-14(12(2)26-20-11)27(24,25)23-6-4-5-22(7-8-23)16-13-9-19-21(3)15(13)17-10-18-16/h9-10H,4-8H2,1-3H3. The summed E-state index contributed by atoms with van der Waals surface area (Å²) in [5.74, 6) is 1.10. The van der Waals surface area contributed by atoms with Gasteiger partial charge in [-0.3, -0.25) is 4.68 Å². The Morgan fingerprint density at radius 3 is 2.67 bits per heavy atom. The van der Waals surface area contributed by atoms with Crippen molar-refractivity contribution in [1.82, 2.24) is 29.2 Å². The van der Waals surface area contributed by atoms with Gasteiger partial charge in [0.2, 0.25) is 10.0 Å². The Balaban J connectivity index is 1.61. The molecule has 0 bridgehead atoms. The number of nitrogens with zero attached hydrogens (tertiary/aromatic N) is 7. The van der Waals surface area contributed by atoms with Crippen LogP contribution in [0.2, 0.25) is 0 Å². The average Bonchev–Trinajstić information content (AvgIpc) is 3.07. The Labute approximate surface area is 156 Å². The minimum atomic E-state index is -3.65. The maximum Gasteiger partial charge on any atom is 0.248 e. The maximum atomic E-state index is 13.1. The molecule has 0 aromatic carbocycles. The molecule has 27 heavy (non-hydrogen) atoms. The van der Waals surface area contributed by atoms with E-state index in [-0.39, 0.29) is 4.90 Å². The van der Waals surface area contributed by atoms with E-state index in [0.29, 0.717) is 44.1 Å². The van der Waals surface area contributed by atoms with Gasteiger partial charge in [-0.1, -0.05) is 5.16 Å². The fourth-order valence-electron chi connectivity index (χ4n) is 3.52. The molecule has 3 aromatic heterocycles. The normalized spacial score (nSPS) is 16.8. The van der Waals surface area contributed by atoms with Gasteiger partial charge in [0, 0.05) is 33.2 Å². The van der Waals surface area contributed by atoms with Crippen LogP contribution in [0.1, 0.15) is 17.9 Å². The van der Waals surface area contributed by atoms with Gasteiger partial charge in [0.05, 0.1) is 11.6 Å². The van der Waals surface area contributed by atoms with Crippen molar-refractivity contribution in [1.29, 1.82) is 0 Å². The van der Waals surface area contributed by atoms with Crippen LogP contribution in [-0.4, -0.2) is 63.8 Å². The fraction of sp³-hybridized carbons (Fsp3) is 0.500. The van der Waals surface area contributed by atoms with Crippen LogP contribution < -0.4 is 4.90 Å². The third kappa shape index (κ3) is 2.96. The zero-order valence-corrected chi connectivity index (χ0v) is 16.3. The summed E-state index contributed by atoms with van der Waals surface area (Å²) in [6.07, 6.45) is 3.95. The van der Waals surface area contributed by atoms with E-state index in [9.17, 15) is 8.42 Å². The van der Waals surface area contributed by atoms with Gasteiger partial charge in [-0.15, -0.1) is 0 Å². The van der Waals surface area contributed by atoms with E-state index in [1.807, 2.05) is 7.05 Å². The lowest BCUT2D eigenvalue weighted by Crippen LogP contribution is -2.35. The molecule has 0 unspecified atom stereocenters. The highest BCUT2D eigenvalue weighted by molar-refractivity contribution is 7.89. The molecule has 0 aliphatic carbocycles. The smallest absolute Gasteiger partial charge is 0.248 e. The minimum Gasteiger partial charge on any atom is -0.360 e. The molecule has 0 atom stereocenters. The predicted molar refractivity (Wildman–Crippen MR) is 97.9 cm³/mol. The van der Waals surface area contributed by atoms with Crippen LogP contribution >= 0.6 is 0 Å². The zero-order chi connectivity index (χ0) is 19.2. The molecule has 11 heteroatoms. The van der Waals surface area contributed by atoms with Crippen LogP contribution in [0.25, 0.3) is 11.0 Å². The van der Waals surface area contributed by atoms with E-state index in [1.54, 1.807) is 24.7 Å². The average molecular weight is 391 g/mol. The minimum absolute atomic E-state index is 0.174. The molecule has 1 aliphatic heterocycles. The SMILES string of the molecule is Cc1noc(C)c1S(=O)(=O)N1CCCN(c2ncnc3c2cnn3C)CC1. The van der Waals surface area contributed by atoms with Crippen LogP contribution in [0.5, 0.6) is 0 Å². The van der Waals surface area contributed by atoms with Gasteiger partial charge in [0.25, 0.3) is 0 Å². The van der Waals surface area contributed by atoms with Crippen LogP contribution in [-0.2, 0) is 17.1 Å². The molecular formula is C16H21N7O3S. The van der Waals surface area contributed by atoms with Gasteiger partial charge in [-0.05, 0) is 20.3 Å². The first-order valence-electron chi connectivity index (χ1n) is 8.70. The van der Waals surface area contributed by atoms with Gasteiger partial charge in [0.1, 0.15) is 22.7 Å². The summed E-state index contributed by atoms with van der Waals surface area (Å²) < 4.78 is 34.4. The van der Waals surface area contributed by atoms with Crippen molar-refractivity contribution in [3.63, 3.8) is 0 Å². The second kappa shape index (κ2) is 6.57. The van der Waals surface area contributed by atoms with Crippen molar-refractivity contribution in [3.8, 4) is 0 Å². The first kappa shape index (κ1) is 17.9. The molecular weight excluding hydrogens is 370 g/mol. The van der Waals surface area contributed by atoms with Crippen molar-refractivity contribution < 1.29 is 12.9 Å². The molecule has 0 N–H and O–H groups in total. The first-order chi connectivity index (χ1) is 12.9. The number of fused-ring (bicyclic) bond motifs is 1. The van der Waals surface area contributed by atoms with E-state index < -0.39 is 10.0 Å². The lowest BCUT2D eigenvalue weighted by molar-refractivity contribution is 0.389. The molecule has 0 radical (unpaired) electrons. The Hall–Kier alpha value is -2.53. The Morgan fingerprint density at radius 2 is 1.93 bits per heavy atom. The van der Waals surface area contributed by atoms with Gasteiger partial charge < -0.3 is 9.42 Å². The third-order valence-electron chi connectivity index (χ3n) is 4.83.